The van der Waals surface area contributed by atoms with Crippen LogP contribution in [0.3, 0.4) is 0 Å². The number of carbonyl (C=O) groups excluding carboxylic acids is 2. The summed E-state index contributed by atoms with van der Waals surface area (Å²) >= 11 is 1.53. The van der Waals surface area contributed by atoms with E-state index in [9.17, 15) is 9.59 Å². The van der Waals surface area contributed by atoms with Crippen molar-refractivity contribution in [3.8, 4) is 22.0 Å². The fourth-order valence-corrected chi connectivity index (χ4v) is 4.68. The van der Waals surface area contributed by atoms with E-state index in [0.29, 0.717) is 12.2 Å². The normalized spacial score (nSPS) is 15.6. The third kappa shape index (κ3) is 4.54. The van der Waals surface area contributed by atoms with Gasteiger partial charge in [0.2, 0.25) is 11.8 Å². The molecule has 5 rings (SSSR count). The Hall–Kier alpha value is -3.84. The molecular formula is C26H22N4O2S. The zero-order chi connectivity index (χ0) is 22.8. The molecule has 1 aliphatic rings. The van der Waals surface area contributed by atoms with Crippen LogP contribution in [0.15, 0.2) is 78.3 Å². The Kier molecular flexibility index (Phi) is 5.71. The molecule has 1 aliphatic heterocycles. The fourth-order valence-electron chi connectivity index (χ4n) is 3.87. The Morgan fingerprint density at radius 1 is 1.06 bits per heavy atom. The second kappa shape index (κ2) is 8.96. The lowest BCUT2D eigenvalue weighted by molar-refractivity contribution is -0.122. The van der Waals surface area contributed by atoms with Gasteiger partial charge in [-0.1, -0.05) is 35.9 Å². The summed E-state index contributed by atoms with van der Waals surface area (Å²) in [5, 5.41) is 5.81. The van der Waals surface area contributed by atoms with E-state index in [4.69, 9.17) is 4.98 Å². The van der Waals surface area contributed by atoms with Crippen LogP contribution in [-0.2, 0) is 9.59 Å². The lowest BCUT2D eigenvalue weighted by Gasteiger charge is -2.17. The predicted octanol–water partition coefficient (Wildman–Crippen LogP) is 5.17. The first-order valence-electron chi connectivity index (χ1n) is 10.7. The molecule has 164 valence electrons. The highest BCUT2D eigenvalue weighted by atomic mass is 32.1. The van der Waals surface area contributed by atoms with E-state index in [0.717, 1.165) is 33.2 Å². The van der Waals surface area contributed by atoms with Crippen molar-refractivity contribution in [2.75, 3.05) is 16.8 Å². The number of aromatic nitrogens is 2. The van der Waals surface area contributed by atoms with Gasteiger partial charge in [-0.05, 0) is 43.3 Å². The van der Waals surface area contributed by atoms with Crippen molar-refractivity contribution in [2.24, 2.45) is 5.92 Å². The smallest absolute Gasteiger partial charge is 0.229 e. The zero-order valence-electron chi connectivity index (χ0n) is 18.1. The molecule has 1 unspecified atom stereocenters. The molecule has 1 fully saturated rings. The topological polar surface area (TPSA) is 75.2 Å². The van der Waals surface area contributed by atoms with E-state index in [1.54, 1.807) is 11.1 Å². The Labute approximate surface area is 195 Å². The molecule has 4 aromatic rings. The van der Waals surface area contributed by atoms with Crippen LogP contribution < -0.4 is 10.2 Å². The van der Waals surface area contributed by atoms with E-state index < -0.39 is 5.92 Å². The molecule has 33 heavy (non-hydrogen) atoms. The molecule has 2 aromatic heterocycles. The predicted molar refractivity (Wildman–Crippen MR) is 131 cm³/mol. The molecule has 0 radical (unpaired) electrons. The Morgan fingerprint density at radius 3 is 2.70 bits per heavy atom. The first kappa shape index (κ1) is 21.0. The zero-order valence-corrected chi connectivity index (χ0v) is 18.9. The first-order valence-corrected chi connectivity index (χ1v) is 11.6. The molecule has 1 saturated heterocycles. The summed E-state index contributed by atoms with van der Waals surface area (Å²) in [5.74, 6) is -0.572. The number of carbonyl (C=O) groups is 2. The third-order valence-corrected chi connectivity index (χ3v) is 6.52. The first-order chi connectivity index (χ1) is 16.1. The fraction of sp³-hybridized carbons (Fsp3) is 0.154. The number of aryl methyl sites for hydroxylation is 1. The van der Waals surface area contributed by atoms with E-state index in [2.05, 4.69) is 10.3 Å². The van der Waals surface area contributed by atoms with Crippen LogP contribution in [0.4, 0.5) is 11.4 Å². The highest BCUT2D eigenvalue weighted by molar-refractivity contribution is 7.13. The van der Waals surface area contributed by atoms with Crippen LogP contribution in [-0.4, -0.2) is 28.3 Å². The molecule has 2 aromatic carbocycles. The van der Waals surface area contributed by atoms with Gasteiger partial charge in [0, 0.05) is 41.5 Å². The third-order valence-electron chi connectivity index (χ3n) is 5.66. The minimum absolute atomic E-state index is 0.0303. The molecule has 6 nitrogen and oxygen atoms in total. The minimum atomic E-state index is -0.391. The Balaban J connectivity index is 1.28. The van der Waals surface area contributed by atoms with E-state index in [-0.39, 0.29) is 18.2 Å². The summed E-state index contributed by atoms with van der Waals surface area (Å²) in [4.78, 5) is 36.2. The largest absolute Gasteiger partial charge is 0.326 e. The molecular weight excluding hydrogens is 432 g/mol. The summed E-state index contributed by atoms with van der Waals surface area (Å²) in [5.41, 5.74) is 5.23. The quantitative estimate of drug-likeness (QED) is 0.451. The molecule has 2 amide bonds. The number of nitrogens with one attached hydrogen (secondary N) is 1. The van der Waals surface area contributed by atoms with Crippen molar-refractivity contribution in [3.63, 3.8) is 0 Å². The van der Waals surface area contributed by atoms with E-state index in [1.165, 1.54) is 11.3 Å². The Bertz CT molecular complexity index is 1300. The van der Waals surface area contributed by atoms with Crippen molar-refractivity contribution in [1.29, 1.82) is 0 Å². The summed E-state index contributed by atoms with van der Waals surface area (Å²) in [6.07, 6.45) is 1.96. The number of hydrogen-bond donors (Lipinski definition) is 1. The number of anilines is 2. The molecule has 0 bridgehead atoms. The number of rotatable bonds is 5. The SMILES string of the molecule is Cc1ccc(N2CC(C(=O)Nc3cccc(-c4csc(-c5ccccn5)n4)c3)CC2=O)cc1. The van der Waals surface area contributed by atoms with Gasteiger partial charge in [0.15, 0.2) is 0 Å². The highest BCUT2D eigenvalue weighted by Crippen LogP contribution is 2.30. The number of nitrogens with zero attached hydrogens (tertiary/aromatic N) is 3. The second-order valence-corrected chi connectivity index (χ2v) is 8.92. The van der Waals surface area contributed by atoms with Crippen LogP contribution in [0, 0.1) is 12.8 Å². The van der Waals surface area contributed by atoms with Gasteiger partial charge >= 0.3 is 0 Å². The second-order valence-electron chi connectivity index (χ2n) is 8.06. The monoisotopic (exact) mass is 454 g/mol. The standard InChI is InChI=1S/C26H22N4O2S/c1-17-8-10-21(11-9-17)30-15-19(14-24(30)31)25(32)28-20-6-4-5-18(13-20)23-16-33-26(29-23)22-7-2-3-12-27-22/h2-13,16,19H,14-15H2,1H3,(H,28,32). The molecule has 0 aliphatic carbocycles. The van der Waals surface area contributed by atoms with E-state index >= 15 is 0 Å². The maximum Gasteiger partial charge on any atom is 0.229 e. The van der Waals surface area contributed by atoms with Crippen molar-refractivity contribution in [1.82, 2.24) is 9.97 Å². The summed E-state index contributed by atoms with van der Waals surface area (Å²) in [6, 6.07) is 21.1. The number of hydrogen-bond acceptors (Lipinski definition) is 5. The lowest BCUT2D eigenvalue weighted by atomic mass is 10.1. The van der Waals surface area contributed by atoms with Crippen LogP contribution in [0.25, 0.3) is 22.0 Å². The minimum Gasteiger partial charge on any atom is -0.326 e. The summed E-state index contributed by atoms with van der Waals surface area (Å²) < 4.78 is 0. The van der Waals surface area contributed by atoms with Gasteiger partial charge in [-0.2, -0.15) is 0 Å². The number of amides is 2. The summed E-state index contributed by atoms with van der Waals surface area (Å²) in [7, 11) is 0. The van der Waals surface area contributed by atoms with Gasteiger partial charge in [0.05, 0.1) is 17.3 Å². The van der Waals surface area contributed by atoms with Gasteiger partial charge in [0.25, 0.3) is 0 Å². The maximum absolute atomic E-state index is 12.9. The van der Waals surface area contributed by atoms with Crippen molar-refractivity contribution >= 4 is 34.5 Å². The van der Waals surface area contributed by atoms with Gasteiger partial charge in [-0.15, -0.1) is 11.3 Å². The highest BCUT2D eigenvalue weighted by Gasteiger charge is 2.35. The number of thiazole rings is 1. The van der Waals surface area contributed by atoms with Gasteiger partial charge in [-0.3, -0.25) is 14.6 Å². The van der Waals surface area contributed by atoms with Crippen LogP contribution in [0.5, 0.6) is 0 Å². The van der Waals surface area contributed by atoms with Crippen molar-refractivity contribution < 1.29 is 9.59 Å². The maximum atomic E-state index is 12.9. The van der Waals surface area contributed by atoms with Crippen LogP contribution in [0.2, 0.25) is 0 Å². The molecule has 1 N–H and O–H groups in total. The average molecular weight is 455 g/mol. The molecule has 1 atom stereocenters. The van der Waals surface area contributed by atoms with Crippen molar-refractivity contribution in [2.45, 2.75) is 13.3 Å². The van der Waals surface area contributed by atoms with Crippen molar-refractivity contribution in [3.05, 3.63) is 83.9 Å². The average Bonchev–Trinajstić information content (AvgIpc) is 3.48. The molecule has 3 heterocycles. The number of pyridine rings is 1. The van der Waals surface area contributed by atoms with Gasteiger partial charge in [-0.25, -0.2) is 4.98 Å². The van der Waals surface area contributed by atoms with E-state index in [1.807, 2.05) is 79.0 Å². The molecule has 0 saturated carbocycles. The Morgan fingerprint density at radius 2 is 1.91 bits per heavy atom. The number of benzene rings is 2. The molecule has 7 heteroatoms. The van der Waals surface area contributed by atoms with Gasteiger partial charge < -0.3 is 10.2 Å². The lowest BCUT2D eigenvalue weighted by Crippen LogP contribution is -2.28. The summed E-state index contributed by atoms with van der Waals surface area (Å²) in [6.45, 7) is 2.39. The van der Waals surface area contributed by atoms with Crippen LogP contribution in [0.1, 0.15) is 12.0 Å². The molecule has 0 spiro atoms. The van der Waals surface area contributed by atoms with Crippen LogP contribution >= 0.6 is 11.3 Å². The van der Waals surface area contributed by atoms with Gasteiger partial charge in [0.1, 0.15) is 5.01 Å².